The molecule has 0 heteroatoms. The number of hydrogen-bond acceptors (Lipinski definition) is 0. The maximum atomic E-state index is 2.27. The molecule has 112 valence electrons. The van der Waals surface area contributed by atoms with Gasteiger partial charge in [0.2, 0.25) is 0 Å². The van der Waals surface area contributed by atoms with Gasteiger partial charge in [-0.05, 0) is 46.6 Å². The lowest BCUT2D eigenvalue weighted by atomic mass is 9.90. The highest BCUT2D eigenvalue weighted by Gasteiger charge is 2.08. The first-order chi connectivity index (χ1) is 10.8. The van der Waals surface area contributed by atoms with Crippen molar-refractivity contribution in [1.82, 2.24) is 0 Å². The summed E-state index contributed by atoms with van der Waals surface area (Å²) in [4.78, 5) is 0. The van der Waals surface area contributed by atoms with Crippen molar-refractivity contribution in [3.8, 4) is 11.1 Å². The van der Waals surface area contributed by atoms with Crippen LogP contribution in [0.2, 0.25) is 0 Å². The molecule has 1 aliphatic carbocycles. The third-order valence-corrected chi connectivity index (χ3v) is 4.36. The molecule has 0 aliphatic heterocycles. The second kappa shape index (κ2) is 6.79. The van der Waals surface area contributed by atoms with Crippen LogP contribution in [0.15, 0.2) is 66.8 Å². The molecule has 2 aromatic carbocycles. The molecule has 0 amide bonds. The molecule has 1 unspecified atom stereocenters. The van der Waals surface area contributed by atoms with E-state index < -0.39 is 0 Å². The average molecular weight is 288 g/mol. The van der Waals surface area contributed by atoms with E-state index in [-0.39, 0.29) is 0 Å². The van der Waals surface area contributed by atoms with Crippen LogP contribution < -0.4 is 0 Å². The summed E-state index contributed by atoms with van der Waals surface area (Å²) in [5.74, 6) is 0.644. The van der Waals surface area contributed by atoms with E-state index in [9.17, 15) is 0 Å². The molecule has 1 atom stereocenters. The Hall–Kier alpha value is -2.08. The Kier molecular flexibility index (Phi) is 4.58. The molecule has 0 N–H and O–H groups in total. The summed E-state index contributed by atoms with van der Waals surface area (Å²) in [6, 6.07) is 18.0. The zero-order valence-electron chi connectivity index (χ0n) is 13.5. The summed E-state index contributed by atoms with van der Waals surface area (Å²) in [6.07, 6.45) is 10.2. The first-order valence-electron chi connectivity index (χ1n) is 8.33. The van der Waals surface area contributed by atoms with E-state index in [1.807, 2.05) is 0 Å². The van der Waals surface area contributed by atoms with Gasteiger partial charge in [-0.2, -0.15) is 0 Å². The summed E-state index contributed by atoms with van der Waals surface area (Å²) >= 11 is 0. The standard InChI is InChI=1S/C22H24/c1-3-5-18-8-10-19(11-9-18)20-12-14-21(15-13-20)22-7-4-6-17(2)16-22/h4,6-15,17H,3,5,16H2,1-2H3. The van der Waals surface area contributed by atoms with Gasteiger partial charge in [0.1, 0.15) is 0 Å². The number of aryl methyl sites for hydroxylation is 1. The molecule has 0 heterocycles. The van der Waals surface area contributed by atoms with Crippen molar-refractivity contribution in [3.05, 3.63) is 77.9 Å². The molecule has 0 bridgehead atoms. The number of rotatable bonds is 4. The first-order valence-corrected chi connectivity index (χ1v) is 8.33. The van der Waals surface area contributed by atoms with Crippen molar-refractivity contribution in [3.63, 3.8) is 0 Å². The van der Waals surface area contributed by atoms with Crippen molar-refractivity contribution in [2.45, 2.75) is 33.1 Å². The second-order valence-electron chi connectivity index (χ2n) is 6.28. The van der Waals surface area contributed by atoms with Crippen LogP contribution in [0.25, 0.3) is 16.7 Å². The molecule has 2 aromatic rings. The van der Waals surface area contributed by atoms with Gasteiger partial charge in [0.05, 0.1) is 0 Å². The Morgan fingerprint density at radius 2 is 1.45 bits per heavy atom. The predicted molar refractivity (Wildman–Crippen MR) is 96.8 cm³/mol. The fourth-order valence-corrected chi connectivity index (χ4v) is 3.09. The average Bonchev–Trinajstić information content (AvgIpc) is 2.56. The van der Waals surface area contributed by atoms with Crippen LogP contribution in [0, 0.1) is 5.92 Å². The van der Waals surface area contributed by atoms with Crippen LogP contribution in [-0.2, 0) is 6.42 Å². The number of benzene rings is 2. The largest absolute Gasteiger partial charge is 0.0814 e. The number of hydrogen-bond donors (Lipinski definition) is 0. The number of allylic oxidation sites excluding steroid dienone is 4. The SMILES string of the molecule is CCCc1ccc(-c2ccc(C3=CC=CC(C)C3)cc2)cc1. The van der Waals surface area contributed by atoms with Gasteiger partial charge in [-0.15, -0.1) is 0 Å². The van der Waals surface area contributed by atoms with Gasteiger partial charge in [-0.25, -0.2) is 0 Å². The molecule has 0 radical (unpaired) electrons. The van der Waals surface area contributed by atoms with Crippen molar-refractivity contribution in [1.29, 1.82) is 0 Å². The zero-order valence-corrected chi connectivity index (χ0v) is 13.5. The highest BCUT2D eigenvalue weighted by atomic mass is 14.1. The summed E-state index contributed by atoms with van der Waals surface area (Å²) in [6.45, 7) is 4.50. The third kappa shape index (κ3) is 3.39. The quantitative estimate of drug-likeness (QED) is 0.620. The minimum atomic E-state index is 0.644. The molecule has 0 aromatic heterocycles. The summed E-state index contributed by atoms with van der Waals surface area (Å²) in [5.41, 5.74) is 6.82. The highest BCUT2D eigenvalue weighted by Crippen LogP contribution is 2.29. The second-order valence-corrected chi connectivity index (χ2v) is 6.28. The van der Waals surface area contributed by atoms with E-state index in [1.54, 1.807) is 0 Å². The summed E-state index contributed by atoms with van der Waals surface area (Å²) in [7, 11) is 0. The fourth-order valence-electron chi connectivity index (χ4n) is 3.09. The summed E-state index contributed by atoms with van der Waals surface area (Å²) < 4.78 is 0. The highest BCUT2D eigenvalue weighted by molar-refractivity contribution is 5.72. The molecule has 0 saturated carbocycles. The van der Waals surface area contributed by atoms with Gasteiger partial charge in [-0.3, -0.25) is 0 Å². The minimum absolute atomic E-state index is 0.644. The van der Waals surface area contributed by atoms with E-state index in [0.717, 1.165) is 6.42 Å². The van der Waals surface area contributed by atoms with E-state index in [4.69, 9.17) is 0 Å². The predicted octanol–water partition coefficient (Wildman–Crippen LogP) is 6.29. The molecule has 0 nitrogen and oxygen atoms in total. The van der Waals surface area contributed by atoms with Crippen molar-refractivity contribution >= 4 is 5.57 Å². The van der Waals surface area contributed by atoms with E-state index >= 15 is 0 Å². The Labute approximate surface area is 134 Å². The van der Waals surface area contributed by atoms with E-state index in [1.165, 1.54) is 40.7 Å². The Bertz CT molecular complexity index is 669. The van der Waals surface area contributed by atoms with Crippen LogP contribution in [0.1, 0.15) is 37.8 Å². The van der Waals surface area contributed by atoms with Crippen LogP contribution >= 0.6 is 0 Å². The lowest BCUT2D eigenvalue weighted by Crippen LogP contribution is -1.97. The van der Waals surface area contributed by atoms with Crippen LogP contribution in [-0.4, -0.2) is 0 Å². The Morgan fingerprint density at radius 3 is 2.05 bits per heavy atom. The van der Waals surface area contributed by atoms with Gasteiger partial charge in [0, 0.05) is 0 Å². The maximum absolute atomic E-state index is 2.27. The van der Waals surface area contributed by atoms with Gasteiger partial charge in [0.25, 0.3) is 0 Å². The molecule has 22 heavy (non-hydrogen) atoms. The van der Waals surface area contributed by atoms with Gasteiger partial charge >= 0.3 is 0 Å². The van der Waals surface area contributed by atoms with Crippen molar-refractivity contribution in [2.24, 2.45) is 5.92 Å². The van der Waals surface area contributed by atoms with Crippen molar-refractivity contribution < 1.29 is 0 Å². The van der Waals surface area contributed by atoms with Gasteiger partial charge < -0.3 is 0 Å². The monoisotopic (exact) mass is 288 g/mol. The minimum Gasteiger partial charge on any atom is -0.0814 e. The lowest BCUT2D eigenvalue weighted by Gasteiger charge is -2.15. The van der Waals surface area contributed by atoms with E-state index in [0.29, 0.717) is 5.92 Å². The summed E-state index contributed by atoms with van der Waals surface area (Å²) in [5, 5.41) is 0. The molecule has 0 saturated heterocycles. The van der Waals surface area contributed by atoms with Crippen LogP contribution in [0.3, 0.4) is 0 Å². The molecule has 3 rings (SSSR count). The van der Waals surface area contributed by atoms with Crippen molar-refractivity contribution in [2.75, 3.05) is 0 Å². The molecular weight excluding hydrogens is 264 g/mol. The molecule has 1 aliphatic rings. The third-order valence-electron chi connectivity index (χ3n) is 4.36. The topological polar surface area (TPSA) is 0 Å². The van der Waals surface area contributed by atoms with Gasteiger partial charge in [0.15, 0.2) is 0 Å². The molecule has 0 spiro atoms. The molecular formula is C22H24. The van der Waals surface area contributed by atoms with Crippen LogP contribution in [0.5, 0.6) is 0 Å². The first kappa shape index (κ1) is 14.8. The maximum Gasteiger partial charge on any atom is -0.0184 e. The molecule has 0 fully saturated rings. The Balaban J connectivity index is 1.79. The Morgan fingerprint density at radius 1 is 0.864 bits per heavy atom. The zero-order chi connectivity index (χ0) is 15.4. The van der Waals surface area contributed by atoms with Gasteiger partial charge in [-0.1, -0.05) is 87.0 Å². The van der Waals surface area contributed by atoms with E-state index in [2.05, 4.69) is 80.6 Å². The fraction of sp³-hybridized carbons (Fsp3) is 0.273. The van der Waals surface area contributed by atoms with Crippen LogP contribution in [0.4, 0.5) is 0 Å². The lowest BCUT2D eigenvalue weighted by molar-refractivity contribution is 0.749. The normalized spacial score (nSPS) is 17.4. The smallest absolute Gasteiger partial charge is 0.0184 e.